The van der Waals surface area contributed by atoms with Crippen LogP contribution in [0.4, 0.5) is 35.1 Å². The molecule has 1 spiro atoms. The van der Waals surface area contributed by atoms with E-state index in [1.54, 1.807) is 13.8 Å². The Kier molecular flexibility index (Phi) is 30.2. The lowest BCUT2D eigenvalue weighted by molar-refractivity contribution is -0.219. The van der Waals surface area contributed by atoms with E-state index in [9.17, 15) is 35.9 Å². The van der Waals surface area contributed by atoms with Gasteiger partial charge in [-0.05, 0) is 159 Å². The zero-order chi connectivity index (χ0) is 80.5. The predicted molar refractivity (Wildman–Crippen MR) is 384 cm³/mol. The highest BCUT2D eigenvalue weighted by atomic mass is 19.4. The minimum absolute atomic E-state index is 0.0149. The quantitative estimate of drug-likeness (QED) is 0.182. The van der Waals surface area contributed by atoms with Crippen molar-refractivity contribution < 1.29 is 97.4 Å². The van der Waals surface area contributed by atoms with E-state index < -0.39 is 223 Å². The van der Waals surface area contributed by atoms with E-state index >= 15 is 56.7 Å². The van der Waals surface area contributed by atoms with Gasteiger partial charge in [-0.1, -0.05) is 59.8 Å². The fraction of sp³-hybridized carbons (Fsp3) is 0.842. The summed E-state index contributed by atoms with van der Waals surface area (Å²) in [6.45, 7) is 8.13. The number of likely N-dealkylation sites (N-methyl/N-ethyl adjacent to an activating group) is 6. The molecule has 0 aromatic rings. The van der Waals surface area contributed by atoms with Crippen molar-refractivity contribution >= 4 is 70.9 Å². The van der Waals surface area contributed by atoms with Crippen molar-refractivity contribution in [2.24, 2.45) is 41.4 Å². The lowest BCUT2D eigenvalue weighted by Gasteiger charge is -2.42. The molecule has 4 saturated heterocycles. The number of nitrogens with zero attached hydrogens (tertiary/aromatic N) is 9. The first-order valence-corrected chi connectivity index (χ1v) is 39.6. The molecule has 616 valence electrons. The van der Waals surface area contributed by atoms with Crippen LogP contribution in [0.5, 0.6) is 0 Å². The molecule has 8 aliphatic rings. The summed E-state index contributed by atoms with van der Waals surface area (Å²) in [5.41, 5.74) is -1.67. The summed E-state index contributed by atoms with van der Waals surface area (Å²) in [5, 5.41) is 8.54. The molecular formula is C76H118F8N12O13. The third kappa shape index (κ3) is 20.8. The molecule has 25 nitrogen and oxygen atoms in total. The minimum atomic E-state index is -5.20. The maximum atomic E-state index is 15.8. The maximum absolute atomic E-state index is 15.8. The summed E-state index contributed by atoms with van der Waals surface area (Å²) in [7, 11) is 8.18. The Hall–Kier alpha value is -6.96. The van der Waals surface area contributed by atoms with Gasteiger partial charge in [0.1, 0.15) is 78.2 Å². The highest BCUT2D eigenvalue weighted by molar-refractivity contribution is 6.01. The Morgan fingerprint density at radius 2 is 1.17 bits per heavy atom. The number of halogens is 8. The number of rotatable bonds is 11. The van der Waals surface area contributed by atoms with E-state index in [1.807, 2.05) is 13.8 Å². The van der Waals surface area contributed by atoms with E-state index in [2.05, 4.69) is 16.0 Å². The molecule has 4 aliphatic carbocycles. The molecule has 12 atom stereocenters. The monoisotopic (exact) mass is 1560 g/mol. The topological polar surface area (TPSA) is 279 Å². The molecule has 0 aromatic carbocycles. The fourth-order valence-electron chi connectivity index (χ4n) is 18.2. The Bertz CT molecular complexity index is 3220. The van der Waals surface area contributed by atoms with E-state index in [-0.39, 0.29) is 129 Å². The Morgan fingerprint density at radius 3 is 1.76 bits per heavy atom. The third-order valence-corrected chi connectivity index (χ3v) is 25.2. The van der Waals surface area contributed by atoms with Crippen LogP contribution >= 0.6 is 0 Å². The van der Waals surface area contributed by atoms with Crippen LogP contribution in [-0.4, -0.2) is 288 Å². The van der Waals surface area contributed by atoms with Crippen molar-refractivity contribution in [2.75, 3.05) is 88.2 Å². The molecular weight excluding hydrogens is 1440 g/mol. The molecule has 2 unspecified atom stereocenters. The number of carbonyl (C=O) groups excluding carboxylic acids is 12. The van der Waals surface area contributed by atoms with Gasteiger partial charge in [-0.2, -0.15) is 26.3 Å². The molecule has 4 aliphatic heterocycles. The molecule has 3 N–H and O–H groups in total. The third-order valence-electron chi connectivity index (χ3n) is 25.2. The standard InChI is InChI=1S/C76H118F8N12O13/c1-12-45(4)62-71(106)89(7)46(5)66(101)91(9)55-22-15-18-32-96(70(55)105)58(41-47-24-27-50(28-25-47)75(79,80)81)68(103)88(6)43-59(97)85-53(29-26-48-39-51(77)61(52(78)40-48)76(82,83)84)67(102)95-33-19-23-54(95)65(100)87-74(30-16-17-31-74)73(108)93(11)63(49-20-13-14-21-49)72(107)92(10)57(69(104)94-34-36-109-37-35-94)42-60(98)90(8)56(38-44(2)3)64(99)86-62/h44-58,61-63H,12-43H2,1-11H3,(H,85,97)(H,86,99)(H,87,100)/t45-,46-,47?,48?,50?,51?,52?,53-,54-,55-,56-,57-,58-,61?,62-,63-/m0/s1. The first kappa shape index (κ1) is 87.6. The van der Waals surface area contributed by atoms with Gasteiger partial charge in [0.15, 0.2) is 0 Å². The van der Waals surface area contributed by atoms with Gasteiger partial charge in [0.2, 0.25) is 70.9 Å². The van der Waals surface area contributed by atoms with Crippen molar-refractivity contribution in [3.05, 3.63) is 0 Å². The summed E-state index contributed by atoms with van der Waals surface area (Å²) in [6.07, 6.45) is -13.8. The number of ether oxygens (including phenoxy) is 1. The average Bonchev–Trinajstić information content (AvgIpc) is 1.75. The van der Waals surface area contributed by atoms with Gasteiger partial charge in [-0.15, -0.1) is 0 Å². The first-order valence-electron chi connectivity index (χ1n) is 39.6. The molecule has 12 amide bonds. The van der Waals surface area contributed by atoms with Gasteiger partial charge in [0.25, 0.3) is 0 Å². The highest BCUT2D eigenvalue weighted by Crippen LogP contribution is 2.46. The smallest absolute Gasteiger partial charge is 0.378 e. The van der Waals surface area contributed by atoms with Crippen molar-refractivity contribution in [1.82, 2.24) is 60.0 Å². The van der Waals surface area contributed by atoms with Gasteiger partial charge < -0.3 is 64.8 Å². The summed E-state index contributed by atoms with van der Waals surface area (Å²) < 4.78 is 121. The molecule has 2 bridgehead atoms. The van der Waals surface area contributed by atoms with Crippen molar-refractivity contribution in [2.45, 2.75) is 280 Å². The second-order valence-electron chi connectivity index (χ2n) is 33.0. The SMILES string of the molecule is CC[C@H](C)[C@@H]1NC(=O)[C@H](CC(C)C)N(C)C(=O)C[C@@H](C(=O)N2CCOCC2)N(C)C(=O)[C@H](C2CCCC2)N(C)C(=O)C2(CCCC2)NC(=O)[C@@H]2CCCN2C(=O)[C@H](CCC2CC(F)C(C(F)(F)F)C(F)C2)NC(=O)CN(C)C(=O)[C@H](CC2CCC(C(F)(F)F)CC2)N2CCCC[C@@H](C2=O)N(C)C(=O)[C@H](C)N(C)C1=O. The lowest BCUT2D eigenvalue weighted by Crippen LogP contribution is -2.65. The second-order valence-corrected chi connectivity index (χ2v) is 33.0. The Morgan fingerprint density at radius 1 is 0.578 bits per heavy atom. The normalized spacial score (nSPS) is 32.5. The predicted octanol–water partition coefficient (Wildman–Crippen LogP) is 6.72. The van der Waals surface area contributed by atoms with Crippen LogP contribution < -0.4 is 16.0 Å². The number of nitrogens with one attached hydrogen (secondary N) is 3. The van der Waals surface area contributed by atoms with Crippen molar-refractivity contribution in [1.29, 1.82) is 0 Å². The number of carbonyl (C=O) groups is 12. The lowest BCUT2D eigenvalue weighted by atomic mass is 9.76. The number of alkyl halides is 8. The van der Waals surface area contributed by atoms with Gasteiger partial charge >= 0.3 is 12.4 Å². The van der Waals surface area contributed by atoms with Gasteiger partial charge in [0.05, 0.1) is 32.1 Å². The van der Waals surface area contributed by atoms with Crippen LogP contribution in [0.15, 0.2) is 0 Å². The molecule has 8 rings (SSSR count). The number of fused-ring (bicyclic) bond motifs is 3. The van der Waals surface area contributed by atoms with Crippen LogP contribution in [0, 0.1) is 41.4 Å². The van der Waals surface area contributed by atoms with E-state index in [0.29, 0.717) is 51.4 Å². The van der Waals surface area contributed by atoms with E-state index in [4.69, 9.17) is 4.74 Å². The number of hydrogen-bond acceptors (Lipinski definition) is 13. The number of amides is 12. The molecule has 4 heterocycles. The largest absolute Gasteiger partial charge is 0.397 e. The van der Waals surface area contributed by atoms with Crippen LogP contribution in [0.2, 0.25) is 0 Å². The molecule has 0 aromatic heterocycles. The van der Waals surface area contributed by atoms with Crippen LogP contribution in [0.3, 0.4) is 0 Å². The molecule has 0 radical (unpaired) electrons. The summed E-state index contributed by atoms with van der Waals surface area (Å²) in [4.78, 5) is 194. The van der Waals surface area contributed by atoms with Gasteiger partial charge in [-0.25, -0.2) is 8.78 Å². The molecule has 109 heavy (non-hydrogen) atoms. The van der Waals surface area contributed by atoms with Crippen LogP contribution in [0.25, 0.3) is 0 Å². The zero-order valence-corrected chi connectivity index (χ0v) is 65.4. The second kappa shape index (κ2) is 37.6. The van der Waals surface area contributed by atoms with Crippen molar-refractivity contribution in [3.8, 4) is 0 Å². The van der Waals surface area contributed by atoms with Crippen LogP contribution in [-0.2, 0) is 62.3 Å². The van der Waals surface area contributed by atoms with Crippen molar-refractivity contribution in [3.63, 3.8) is 0 Å². The fourth-order valence-corrected chi connectivity index (χ4v) is 18.2. The maximum Gasteiger partial charge on any atom is 0.397 e. The Balaban J connectivity index is 1.20. The van der Waals surface area contributed by atoms with Crippen LogP contribution in [0.1, 0.15) is 195 Å². The van der Waals surface area contributed by atoms with Gasteiger partial charge in [0, 0.05) is 68.5 Å². The first-order chi connectivity index (χ1) is 51.2. The van der Waals surface area contributed by atoms with Gasteiger partial charge in [-0.3, -0.25) is 57.5 Å². The number of morpholine rings is 1. The summed E-state index contributed by atoms with van der Waals surface area (Å²) >= 11 is 0. The highest BCUT2D eigenvalue weighted by Gasteiger charge is 2.56. The average molecular weight is 1560 g/mol. The molecule has 8 fully saturated rings. The minimum Gasteiger partial charge on any atom is -0.378 e. The zero-order valence-electron chi connectivity index (χ0n) is 65.4. The molecule has 4 saturated carbocycles. The summed E-state index contributed by atoms with van der Waals surface area (Å²) in [5.74, 6) is -16.5. The van der Waals surface area contributed by atoms with E-state index in [1.165, 1.54) is 83.5 Å². The van der Waals surface area contributed by atoms with E-state index in [0.717, 1.165) is 9.80 Å². The summed E-state index contributed by atoms with van der Waals surface area (Å²) in [6, 6.07) is -12.4. The number of hydrogen-bond donors (Lipinski definition) is 3. The molecule has 33 heteroatoms. The Labute approximate surface area is 635 Å².